The largest absolute Gasteiger partial charge is 0.356 e. The highest BCUT2D eigenvalue weighted by atomic mass is 16.1. The summed E-state index contributed by atoms with van der Waals surface area (Å²) in [4.78, 5) is 21.0. The molecular formula is C20H34N6O. The van der Waals surface area contributed by atoms with E-state index in [0.717, 1.165) is 57.2 Å². The van der Waals surface area contributed by atoms with E-state index in [1.165, 1.54) is 13.1 Å². The molecule has 1 aromatic carbocycles. The molecule has 0 unspecified atom stereocenters. The highest BCUT2D eigenvalue weighted by Gasteiger charge is 2.14. The zero-order valence-electron chi connectivity index (χ0n) is 16.9. The van der Waals surface area contributed by atoms with Crippen molar-refractivity contribution >= 4 is 11.9 Å². The second-order valence-corrected chi connectivity index (χ2v) is 6.73. The Morgan fingerprint density at radius 3 is 2.48 bits per heavy atom. The van der Waals surface area contributed by atoms with E-state index >= 15 is 0 Å². The molecule has 3 N–H and O–H groups in total. The number of likely N-dealkylation sites (N-methyl/N-ethyl adjacent to an activating group) is 1. The number of carbonyl (C=O) groups excluding carboxylic acids is 1. The van der Waals surface area contributed by atoms with E-state index in [4.69, 9.17) is 0 Å². The maximum atomic E-state index is 11.7. The lowest BCUT2D eigenvalue weighted by Gasteiger charge is -2.34. The summed E-state index contributed by atoms with van der Waals surface area (Å²) in [6.45, 7) is 10.7. The molecule has 7 heteroatoms. The Balaban J connectivity index is 1.66. The van der Waals surface area contributed by atoms with Crippen molar-refractivity contribution in [3.63, 3.8) is 0 Å². The fourth-order valence-corrected chi connectivity index (χ4v) is 3.22. The fourth-order valence-electron chi connectivity index (χ4n) is 3.22. The monoisotopic (exact) mass is 374 g/mol. The van der Waals surface area contributed by atoms with Crippen LogP contribution in [0.3, 0.4) is 0 Å². The van der Waals surface area contributed by atoms with Crippen LogP contribution in [0.1, 0.15) is 22.8 Å². The first kappa shape index (κ1) is 21.2. The average Bonchev–Trinajstić information content (AvgIpc) is 2.72. The minimum absolute atomic E-state index is 0.0537. The van der Waals surface area contributed by atoms with Crippen molar-refractivity contribution in [2.24, 2.45) is 4.99 Å². The maximum Gasteiger partial charge on any atom is 0.251 e. The van der Waals surface area contributed by atoms with E-state index < -0.39 is 0 Å². The molecule has 27 heavy (non-hydrogen) atoms. The predicted octanol–water partition coefficient (Wildman–Crippen LogP) is 0.391. The smallest absolute Gasteiger partial charge is 0.251 e. The van der Waals surface area contributed by atoms with Crippen LogP contribution >= 0.6 is 0 Å². The number of benzene rings is 1. The average molecular weight is 375 g/mol. The third kappa shape index (κ3) is 7.19. The summed E-state index contributed by atoms with van der Waals surface area (Å²) < 4.78 is 0. The van der Waals surface area contributed by atoms with Gasteiger partial charge in [-0.3, -0.25) is 14.7 Å². The van der Waals surface area contributed by atoms with E-state index in [0.29, 0.717) is 5.56 Å². The number of rotatable bonds is 8. The van der Waals surface area contributed by atoms with Crippen LogP contribution in [0.5, 0.6) is 0 Å². The van der Waals surface area contributed by atoms with E-state index in [1.807, 2.05) is 24.3 Å². The Morgan fingerprint density at radius 2 is 1.81 bits per heavy atom. The molecule has 1 aromatic rings. The Kier molecular flexibility index (Phi) is 9.07. The standard InChI is InChI=1S/C20H34N6O/c1-4-25-12-14-26(15-13-25)11-10-24-20(22-3)23-9-8-17-6-5-7-18(16-17)19(27)21-2/h5-7,16H,4,8-15H2,1-3H3,(H,21,27)(H2,22,23,24). The lowest BCUT2D eigenvalue weighted by atomic mass is 10.1. The molecule has 0 aromatic heterocycles. The third-order valence-corrected chi connectivity index (χ3v) is 4.98. The van der Waals surface area contributed by atoms with Crippen LogP contribution in [0.2, 0.25) is 0 Å². The van der Waals surface area contributed by atoms with Crippen molar-refractivity contribution in [1.29, 1.82) is 0 Å². The first-order valence-corrected chi connectivity index (χ1v) is 9.86. The van der Waals surface area contributed by atoms with Gasteiger partial charge in [0.2, 0.25) is 0 Å². The van der Waals surface area contributed by atoms with Crippen LogP contribution in [0.4, 0.5) is 0 Å². The number of hydrogen-bond donors (Lipinski definition) is 3. The van der Waals surface area contributed by atoms with Crippen molar-refractivity contribution in [3.8, 4) is 0 Å². The van der Waals surface area contributed by atoms with Crippen LogP contribution in [0.15, 0.2) is 29.3 Å². The zero-order chi connectivity index (χ0) is 19.5. The molecule has 0 atom stereocenters. The number of amides is 1. The van der Waals surface area contributed by atoms with Gasteiger partial charge < -0.3 is 20.9 Å². The molecule has 0 bridgehead atoms. The molecule has 1 aliphatic rings. The van der Waals surface area contributed by atoms with Gasteiger partial charge >= 0.3 is 0 Å². The lowest BCUT2D eigenvalue weighted by molar-refractivity contribution is 0.0963. The van der Waals surface area contributed by atoms with Gasteiger partial charge in [0.15, 0.2) is 5.96 Å². The molecule has 1 saturated heterocycles. The Bertz CT molecular complexity index is 610. The minimum Gasteiger partial charge on any atom is -0.356 e. The second kappa shape index (κ2) is 11.6. The summed E-state index contributed by atoms with van der Waals surface area (Å²) in [6.07, 6.45) is 0.838. The molecule has 7 nitrogen and oxygen atoms in total. The Labute approximate surface area is 163 Å². The van der Waals surface area contributed by atoms with Crippen molar-refractivity contribution in [3.05, 3.63) is 35.4 Å². The van der Waals surface area contributed by atoms with Gasteiger partial charge in [-0.25, -0.2) is 0 Å². The highest BCUT2D eigenvalue weighted by molar-refractivity contribution is 5.94. The van der Waals surface area contributed by atoms with Gasteiger partial charge in [-0.1, -0.05) is 19.1 Å². The Morgan fingerprint density at radius 1 is 1.11 bits per heavy atom. The second-order valence-electron chi connectivity index (χ2n) is 6.73. The molecule has 1 fully saturated rings. The van der Waals surface area contributed by atoms with Gasteiger partial charge in [0.25, 0.3) is 5.91 Å². The van der Waals surface area contributed by atoms with E-state index in [9.17, 15) is 4.79 Å². The Hall–Kier alpha value is -2.12. The molecule has 0 aliphatic carbocycles. The third-order valence-electron chi connectivity index (χ3n) is 4.98. The van der Waals surface area contributed by atoms with Crippen molar-refractivity contribution in [2.75, 3.05) is 66.5 Å². The molecule has 0 radical (unpaired) electrons. The first-order valence-electron chi connectivity index (χ1n) is 9.86. The molecule has 0 spiro atoms. The minimum atomic E-state index is -0.0537. The number of nitrogens with zero attached hydrogens (tertiary/aromatic N) is 3. The summed E-state index contributed by atoms with van der Waals surface area (Å²) in [7, 11) is 3.44. The predicted molar refractivity (Wildman–Crippen MR) is 111 cm³/mol. The van der Waals surface area contributed by atoms with Crippen LogP contribution < -0.4 is 16.0 Å². The maximum absolute atomic E-state index is 11.7. The summed E-state index contributed by atoms with van der Waals surface area (Å²) in [5.41, 5.74) is 1.83. The number of hydrogen-bond acceptors (Lipinski definition) is 4. The van der Waals surface area contributed by atoms with Gasteiger partial charge in [-0.15, -0.1) is 0 Å². The highest BCUT2D eigenvalue weighted by Crippen LogP contribution is 2.05. The lowest BCUT2D eigenvalue weighted by Crippen LogP contribution is -2.49. The SMILES string of the molecule is CCN1CCN(CCNC(=NC)NCCc2cccc(C(=O)NC)c2)CC1. The molecular weight excluding hydrogens is 340 g/mol. The molecule has 1 amide bonds. The number of guanidine groups is 1. The summed E-state index contributed by atoms with van der Waals surface area (Å²) in [6, 6.07) is 7.73. The normalized spacial score (nSPS) is 16.2. The van der Waals surface area contributed by atoms with Crippen LogP contribution in [-0.2, 0) is 6.42 Å². The van der Waals surface area contributed by atoms with E-state index in [-0.39, 0.29) is 5.91 Å². The van der Waals surface area contributed by atoms with Gasteiger partial charge in [0.1, 0.15) is 0 Å². The first-order chi connectivity index (χ1) is 13.2. The van der Waals surface area contributed by atoms with Crippen LogP contribution in [-0.4, -0.2) is 88.1 Å². The number of nitrogens with one attached hydrogen (secondary N) is 3. The summed E-state index contributed by atoms with van der Waals surface area (Å²) >= 11 is 0. The van der Waals surface area contributed by atoms with Crippen LogP contribution in [0, 0.1) is 0 Å². The summed E-state index contributed by atoms with van der Waals surface area (Å²) in [5.74, 6) is 0.770. The molecule has 1 aliphatic heterocycles. The summed E-state index contributed by atoms with van der Waals surface area (Å²) in [5, 5.41) is 9.39. The van der Waals surface area contributed by atoms with Crippen molar-refractivity contribution < 1.29 is 4.79 Å². The van der Waals surface area contributed by atoms with Crippen molar-refractivity contribution in [1.82, 2.24) is 25.8 Å². The molecule has 2 rings (SSSR count). The van der Waals surface area contributed by atoms with Crippen LogP contribution in [0.25, 0.3) is 0 Å². The van der Waals surface area contributed by atoms with Gasteiger partial charge in [0.05, 0.1) is 0 Å². The fraction of sp³-hybridized carbons (Fsp3) is 0.600. The zero-order valence-corrected chi connectivity index (χ0v) is 16.9. The van der Waals surface area contributed by atoms with Gasteiger partial charge in [0, 0.05) is 65.5 Å². The topological polar surface area (TPSA) is 72.0 Å². The molecule has 150 valence electrons. The molecule has 1 heterocycles. The van der Waals surface area contributed by atoms with E-state index in [2.05, 4.69) is 37.7 Å². The quantitative estimate of drug-likeness (QED) is 0.454. The van der Waals surface area contributed by atoms with Gasteiger partial charge in [-0.2, -0.15) is 0 Å². The number of aliphatic imine (C=N–C) groups is 1. The number of piperazine rings is 1. The van der Waals surface area contributed by atoms with E-state index in [1.54, 1.807) is 14.1 Å². The van der Waals surface area contributed by atoms with Crippen molar-refractivity contribution in [2.45, 2.75) is 13.3 Å². The number of carbonyl (C=O) groups is 1. The molecule has 0 saturated carbocycles. The van der Waals surface area contributed by atoms with Gasteiger partial charge in [-0.05, 0) is 30.7 Å².